The van der Waals surface area contributed by atoms with E-state index in [0.717, 1.165) is 24.1 Å². The van der Waals surface area contributed by atoms with Crippen LogP contribution >= 0.6 is 11.6 Å². The topological polar surface area (TPSA) is 53.2 Å². The number of H-pyrrole nitrogens is 1. The van der Waals surface area contributed by atoms with Crippen molar-refractivity contribution in [3.63, 3.8) is 0 Å². The van der Waals surface area contributed by atoms with Gasteiger partial charge < -0.3 is 4.98 Å². The summed E-state index contributed by atoms with van der Waals surface area (Å²) < 4.78 is 27.5. The van der Waals surface area contributed by atoms with Crippen molar-refractivity contribution in [1.29, 1.82) is 0 Å². The van der Waals surface area contributed by atoms with Gasteiger partial charge in [-0.15, -0.1) is 0 Å². The van der Waals surface area contributed by atoms with Crippen LogP contribution in [0.3, 0.4) is 0 Å². The molecule has 1 unspecified atom stereocenters. The second-order valence-electron chi connectivity index (χ2n) is 6.97. The average molecular weight is 389 g/mol. The zero-order valence-corrected chi connectivity index (χ0v) is 16.1. The number of hydrogen-bond donors (Lipinski definition) is 1. The molecule has 1 aliphatic rings. The van der Waals surface area contributed by atoms with Crippen LogP contribution in [0.4, 0.5) is 0 Å². The van der Waals surface area contributed by atoms with Gasteiger partial charge in [-0.1, -0.05) is 23.2 Å². The van der Waals surface area contributed by atoms with E-state index in [1.54, 1.807) is 28.6 Å². The van der Waals surface area contributed by atoms with E-state index in [2.05, 4.69) is 36.2 Å². The summed E-state index contributed by atoms with van der Waals surface area (Å²) in [4.78, 5) is 3.77. The molecule has 0 bridgehead atoms. The van der Waals surface area contributed by atoms with Crippen molar-refractivity contribution in [3.05, 3.63) is 64.8 Å². The summed E-state index contributed by atoms with van der Waals surface area (Å²) in [6, 6.07) is 14.9. The van der Waals surface area contributed by atoms with Gasteiger partial charge in [0.2, 0.25) is 10.0 Å². The Morgan fingerprint density at radius 3 is 2.65 bits per heavy atom. The molecular weight excluding hydrogens is 368 g/mol. The molecule has 1 aliphatic heterocycles. The van der Waals surface area contributed by atoms with Crippen LogP contribution in [0.1, 0.15) is 30.0 Å². The van der Waals surface area contributed by atoms with Crippen molar-refractivity contribution in [1.82, 2.24) is 9.29 Å². The van der Waals surface area contributed by atoms with Crippen LogP contribution in [0, 0.1) is 6.92 Å². The molecule has 3 aromatic rings. The van der Waals surface area contributed by atoms with Crippen LogP contribution in [0.25, 0.3) is 10.9 Å². The SMILES string of the molecule is Cc1ccc2[nH]c(C3CCCN(S(=O)(=O)c4ccc(Cl)cc4)C3)cc2c1. The number of halogens is 1. The van der Waals surface area contributed by atoms with Crippen LogP contribution in [-0.2, 0) is 10.0 Å². The molecule has 1 saturated heterocycles. The predicted octanol–water partition coefficient (Wildman–Crippen LogP) is 4.70. The summed E-state index contributed by atoms with van der Waals surface area (Å²) in [5.41, 5.74) is 3.43. The number of aromatic nitrogens is 1. The van der Waals surface area contributed by atoms with Crippen LogP contribution < -0.4 is 0 Å². The highest BCUT2D eigenvalue weighted by atomic mass is 35.5. The molecule has 1 aromatic heterocycles. The Hall–Kier alpha value is -1.82. The third-order valence-electron chi connectivity index (χ3n) is 5.07. The Balaban J connectivity index is 1.61. The van der Waals surface area contributed by atoms with Gasteiger partial charge in [0.25, 0.3) is 0 Å². The molecule has 2 heterocycles. The molecule has 2 aromatic carbocycles. The molecule has 0 amide bonds. The molecule has 6 heteroatoms. The van der Waals surface area contributed by atoms with E-state index in [4.69, 9.17) is 11.6 Å². The third-order valence-corrected chi connectivity index (χ3v) is 7.20. The molecule has 1 atom stereocenters. The van der Waals surface area contributed by atoms with Gasteiger partial charge in [-0.25, -0.2) is 8.42 Å². The first-order valence-corrected chi connectivity index (χ1v) is 10.6. The maximum Gasteiger partial charge on any atom is 0.243 e. The molecule has 136 valence electrons. The molecular formula is C20H21ClN2O2S. The van der Waals surface area contributed by atoms with Gasteiger partial charge in [0.1, 0.15) is 0 Å². The Morgan fingerprint density at radius 1 is 1.12 bits per heavy atom. The minimum atomic E-state index is -3.50. The van der Waals surface area contributed by atoms with E-state index in [9.17, 15) is 8.42 Å². The fraction of sp³-hybridized carbons (Fsp3) is 0.300. The summed E-state index contributed by atoms with van der Waals surface area (Å²) >= 11 is 5.89. The number of aryl methyl sites for hydroxylation is 1. The van der Waals surface area contributed by atoms with Crippen LogP contribution in [0.2, 0.25) is 5.02 Å². The van der Waals surface area contributed by atoms with Gasteiger partial charge in [-0.2, -0.15) is 4.31 Å². The number of nitrogens with one attached hydrogen (secondary N) is 1. The second-order valence-corrected chi connectivity index (χ2v) is 9.35. The Bertz CT molecular complexity index is 1040. The number of benzene rings is 2. The Labute approximate surface area is 158 Å². The lowest BCUT2D eigenvalue weighted by atomic mass is 9.96. The second kappa shape index (κ2) is 6.72. The summed E-state index contributed by atoms with van der Waals surface area (Å²) in [6.07, 6.45) is 1.84. The van der Waals surface area contributed by atoms with Gasteiger partial charge in [-0.05, 0) is 67.6 Å². The molecule has 1 N–H and O–H groups in total. The quantitative estimate of drug-likeness (QED) is 0.707. The number of aromatic amines is 1. The van der Waals surface area contributed by atoms with E-state index < -0.39 is 10.0 Å². The van der Waals surface area contributed by atoms with Gasteiger partial charge in [0, 0.05) is 35.2 Å². The molecule has 4 nitrogen and oxygen atoms in total. The normalized spacial score (nSPS) is 19.1. The van der Waals surface area contributed by atoms with Crippen LogP contribution in [-0.4, -0.2) is 30.8 Å². The van der Waals surface area contributed by atoms with E-state index in [0.29, 0.717) is 23.0 Å². The third kappa shape index (κ3) is 3.27. The lowest BCUT2D eigenvalue weighted by Gasteiger charge is -2.31. The highest BCUT2D eigenvalue weighted by molar-refractivity contribution is 7.89. The fourth-order valence-electron chi connectivity index (χ4n) is 3.66. The van der Waals surface area contributed by atoms with Gasteiger partial charge in [0.15, 0.2) is 0 Å². The van der Waals surface area contributed by atoms with Crippen molar-refractivity contribution in [3.8, 4) is 0 Å². The zero-order chi connectivity index (χ0) is 18.3. The monoisotopic (exact) mass is 388 g/mol. The molecule has 4 rings (SSSR count). The Morgan fingerprint density at radius 2 is 1.88 bits per heavy atom. The van der Waals surface area contributed by atoms with Crippen molar-refractivity contribution < 1.29 is 8.42 Å². The van der Waals surface area contributed by atoms with E-state index in [1.807, 2.05) is 0 Å². The number of nitrogens with zero attached hydrogens (tertiary/aromatic N) is 1. The van der Waals surface area contributed by atoms with Crippen molar-refractivity contribution in [2.45, 2.75) is 30.6 Å². The maximum absolute atomic E-state index is 13.0. The molecule has 0 aliphatic carbocycles. The number of sulfonamides is 1. The zero-order valence-electron chi connectivity index (χ0n) is 14.6. The standard InChI is InChI=1S/C20H21ClN2O2S/c1-14-4-9-19-16(11-14)12-20(22-19)15-3-2-10-23(13-15)26(24,25)18-7-5-17(21)6-8-18/h4-9,11-12,15,22H,2-3,10,13H2,1H3. The summed E-state index contributed by atoms with van der Waals surface area (Å²) in [5, 5.41) is 1.71. The van der Waals surface area contributed by atoms with Gasteiger partial charge in [-0.3, -0.25) is 0 Å². The summed E-state index contributed by atoms with van der Waals surface area (Å²) in [5.74, 6) is 0.179. The number of hydrogen-bond acceptors (Lipinski definition) is 2. The number of fused-ring (bicyclic) bond motifs is 1. The van der Waals surface area contributed by atoms with Crippen LogP contribution in [0.5, 0.6) is 0 Å². The minimum Gasteiger partial charge on any atom is -0.358 e. The lowest BCUT2D eigenvalue weighted by Crippen LogP contribution is -2.39. The molecule has 0 saturated carbocycles. The fourth-order valence-corrected chi connectivity index (χ4v) is 5.31. The number of rotatable bonds is 3. The minimum absolute atomic E-state index is 0.179. The molecule has 1 fully saturated rings. The average Bonchev–Trinajstić information content (AvgIpc) is 3.05. The Kier molecular flexibility index (Phi) is 4.55. The first kappa shape index (κ1) is 17.6. The lowest BCUT2D eigenvalue weighted by molar-refractivity contribution is 0.313. The van der Waals surface area contributed by atoms with E-state index in [1.165, 1.54) is 10.9 Å². The van der Waals surface area contributed by atoms with Crippen molar-refractivity contribution >= 4 is 32.5 Å². The van der Waals surface area contributed by atoms with Gasteiger partial charge in [0.05, 0.1) is 4.90 Å². The number of piperidine rings is 1. The van der Waals surface area contributed by atoms with Gasteiger partial charge >= 0.3 is 0 Å². The summed E-state index contributed by atoms with van der Waals surface area (Å²) in [6.45, 7) is 3.13. The van der Waals surface area contributed by atoms with E-state index >= 15 is 0 Å². The molecule has 26 heavy (non-hydrogen) atoms. The highest BCUT2D eigenvalue weighted by Crippen LogP contribution is 2.32. The first-order valence-electron chi connectivity index (χ1n) is 8.78. The van der Waals surface area contributed by atoms with Crippen molar-refractivity contribution in [2.75, 3.05) is 13.1 Å². The molecule has 0 radical (unpaired) electrons. The predicted molar refractivity (Wildman–Crippen MR) is 105 cm³/mol. The van der Waals surface area contributed by atoms with Crippen molar-refractivity contribution in [2.24, 2.45) is 0 Å². The molecule has 0 spiro atoms. The summed E-state index contributed by atoms with van der Waals surface area (Å²) in [7, 11) is -3.50. The first-order chi connectivity index (χ1) is 12.4. The largest absolute Gasteiger partial charge is 0.358 e. The maximum atomic E-state index is 13.0. The highest BCUT2D eigenvalue weighted by Gasteiger charge is 2.31. The van der Waals surface area contributed by atoms with Crippen LogP contribution in [0.15, 0.2) is 53.4 Å². The smallest absolute Gasteiger partial charge is 0.243 e. The van der Waals surface area contributed by atoms with E-state index in [-0.39, 0.29) is 5.92 Å².